The SMILES string of the molecule is CCCOC(C)(C)[C@@H](Cc1ccccc1)[C@H](C)OC(=O)C(C)NC(=O)OC(C)(C)C. The largest absolute Gasteiger partial charge is 0.461 e. The monoisotopic (exact) mass is 421 g/mol. The van der Waals surface area contributed by atoms with Crippen molar-refractivity contribution in [3.8, 4) is 0 Å². The summed E-state index contributed by atoms with van der Waals surface area (Å²) in [5.74, 6) is -0.568. The molecular weight excluding hydrogens is 382 g/mol. The first-order valence-corrected chi connectivity index (χ1v) is 10.7. The van der Waals surface area contributed by atoms with Crippen LogP contribution < -0.4 is 5.32 Å². The van der Waals surface area contributed by atoms with Crippen molar-refractivity contribution in [2.45, 2.75) is 91.6 Å². The molecule has 1 unspecified atom stereocenters. The minimum Gasteiger partial charge on any atom is -0.461 e. The fourth-order valence-corrected chi connectivity index (χ4v) is 3.23. The van der Waals surface area contributed by atoms with Gasteiger partial charge >= 0.3 is 12.1 Å². The van der Waals surface area contributed by atoms with Crippen molar-refractivity contribution in [3.05, 3.63) is 35.9 Å². The van der Waals surface area contributed by atoms with Crippen LogP contribution >= 0.6 is 0 Å². The van der Waals surface area contributed by atoms with Crippen molar-refractivity contribution in [1.82, 2.24) is 5.32 Å². The first kappa shape index (κ1) is 26.0. The Balaban J connectivity index is 2.86. The van der Waals surface area contributed by atoms with Crippen LogP contribution in [0.25, 0.3) is 0 Å². The van der Waals surface area contributed by atoms with Gasteiger partial charge in [0.2, 0.25) is 0 Å². The molecule has 6 heteroatoms. The van der Waals surface area contributed by atoms with E-state index in [1.807, 2.05) is 39.0 Å². The van der Waals surface area contributed by atoms with Gasteiger partial charge in [0.1, 0.15) is 17.7 Å². The van der Waals surface area contributed by atoms with Crippen molar-refractivity contribution in [1.29, 1.82) is 0 Å². The van der Waals surface area contributed by atoms with Gasteiger partial charge in [-0.1, -0.05) is 37.3 Å². The Kier molecular flexibility index (Phi) is 9.82. The van der Waals surface area contributed by atoms with E-state index >= 15 is 0 Å². The van der Waals surface area contributed by atoms with Gasteiger partial charge in [-0.25, -0.2) is 9.59 Å². The molecule has 0 aliphatic heterocycles. The second-order valence-electron chi connectivity index (χ2n) is 9.26. The molecule has 0 saturated heterocycles. The molecular formula is C24H39NO5. The zero-order valence-corrected chi connectivity index (χ0v) is 19.8. The summed E-state index contributed by atoms with van der Waals surface area (Å²) in [6, 6.07) is 9.27. The normalized spacial score (nSPS) is 15.1. The number of alkyl carbamates (subject to hydrolysis) is 1. The Morgan fingerprint density at radius 2 is 1.63 bits per heavy atom. The average molecular weight is 422 g/mol. The van der Waals surface area contributed by atoms with E-state index in [9.17, 15) is 9.59 Å². The lowest BCUT2D eigenvalue weighted by Gasteiger charge is -2.38. The zero-order valence-electron chi connectivity index (χ0n) is 19.8. The molecule has 0 heterocycles. The first-order chi connectivity index (χ1) is 13.9. The molecule has 0 fully saturated rings. The smallest absolute Gasteiger partial charge is 0.408 e. The molecule has 1 aromatic rings. The number of hydrogen-bond acceptors (Lipinski definition) is 5. The third-order valence-corrected chi connectivity index (χ3v) is 4.83. The Morgan fingerprint density at radius 1 is 1.03 bits per heavy atom. The maximum absolute atomic E-state index is 12.6. The maximum atomic E-state index is 12.6. The first-order valence-electron chi connectivity index (χ1n) is 10.7. The quantitative estimate of drug-likeness (QED) is 0.544. The van der Waals surface area contributed by atoms with Crippen LogP contribution in [0, 0.1) is 5.92 Å². The summed E-state index contributed by atoms with van der Waals surface area (Å²) in [7, 11) is 0. The summed E-state index contributed by atoms with van der Waals surface area (Å²) in [5, 5.41) is 2.54. The van der Waals surface area contributed by atoms with Crippen molar-refractivity contribution in [3.63, 3.8) is 0 Å². The highest BCUT2D eigenvalue weighted by Gasteiger charge is 2.37. The highest BCUT2D eigenvalue weighted by atomic mass is 16.6. The van der Waals surface area contributed by atoms with E-state index in [0.717, 1.165) is 12.0 Å². The molecule has 30 heavy (non-hydrogen) atoms. The van der Waals surface area contributed by atoms with Crippen LogP contribution in [0.3, 0.4) is 0 Å². The standard InChI is InChI=1S/C24H39NO5/c1-9-15-28-24(7,8)20(16-19-13-11-10-12-14-19)18(3)29-21(26)17(2)25-22(27)30-23(4,5)6/h10-14,17-18,20H,9,15-16H2,1-8H3,(H,25,27)/t17?,18-,20-/m0/s1. The number of nitrogens with one attached hydrogen (secondary N) is 1. The molecule has 6 nitrogen and oxygen atoms in total. The Hall–Kier alpha value is -2.08. The third kappa shape index (κ3) is 9.16. The summed E-state index contributed by atoms with van der Waals surface area (Å²) < 4.78 is 17.1. The fraction of sp³-hybridized carbons (Fsp3) is 0.667. The Bertz CT molecular complexity index is 666. The van der Waals surface area contributed by atoms with Crippen LogP contribution in [0.15, 0.2) is 30.3 Å². The highest BCUT2D eigenvalue weighted by Crippen LogP contribution is 2.30. The molecule has 0 aliphatic carbocycles. The number of benzene rings is 1. The number of carbonyl (C=O) groups is 2. The molecule has 1 N–H and O–H groups in total. The molecule has 1 aromatic carbocycles. The molecule has 1 amide bonds. The average Bonchev–Trinajstić information content (AvgIpc) is 2.63. The Morgan fingerprint density at radius 3 is 2.17 bits per heavy atom. The van der Waals surface area contributed by atoms with Crippen molar-refractivity contribution in [2.24, 2.45) is 5.92 Å². The van der Waals surface area contributed by atoms with Gasteiger partial charge in [-0.15, -0.1) is 0 Å². The van der Waals surface area contributed by atoms with Crippen LogP contribution in [0.5, 0.6) is 0 Å². The van der Waals surface area contributed by atoms with E-state index in [-0.39, 0.29) is 5.92 Å². The lowest BCUT2D eigenvalue weighted by Crippen LogP contribution is -2.47. The van der Waals surface area contributed by atoms with E-state index in [4.69, 9.17) is 14.2 Å². The van der Waals surface area contributed by atoms with E-state index < -0.39 is 35.4 Å². The van der Waals surface area contributed by atoms with Gasteiger partial charge in [-0.05, 0) is 66.9 Å². The molecule has 0 spiro atoms. The van der Waals surface area contributed by atoms with Gasteiger partial charge < -0.3 is 19.5 Å². The van der Waals surface area contributed by atoms with Crippen molar-refractivity contribution in [2.75, 3.05) is 6.61 Å². The van der Waals surface area contributed by atoms with Crippen LogP contribution in [0.2, 0.25) is 0 Å². The summed E-state index contributed by atoms with van der Waals surface area (Å²) >= 11 is 0. The lowest BCUT2D eigenvalue weighted by molar-refractivity contribution is -0.161. The van der Waals surface area contributed by atoms with Gasteiger partial charge in [0.05, 0.1) is 5.60 Å². The number of amides is 1. The van der Waals surface area contributed by atoms with Gasteiger partial charge in [0.25, 0.3) is 0 Å². The minimum atomic E-state index is -0.820. The minimum absolute atomic E-state index is 0.0656. The van der Waals surface area contributed by atoms with Gasteiger partial charge in [0.15, 0.2) is 0 Å². The second kappa shape index (κ2) is 11.3. The van der Waals surface area contributed by atoms with Gasteiger partial charge in [-0.3, -0.25) is 0 Å². The van der Waals surface area contributed by atoms with Gasteiger partial charge in [-0.2, -0.15) is 0 Å². The summed E-state index contributed by atoms with van der Waals surface area (Å²) in [4.78, 5) is 24.6. The third-order valence-electron chi connectivity index (χ3n) is 4.83. The zero-order chi connectivity index (χ0) is 22.9. The maximum Gasteiger partial charge on any atom is 0.408 e. The van der Waals surface area contributed by atoms with Crippen molar-refractivity contribution >= 4 is 12.1 Å². The number of rotatable bonds is 10. The molecule has 0 bridgehead atoms. The predicted octanol–water partition coefficient (Wildman–Crippen LogP) is 4.90. The van der Waals surface area contributed by atoms with Crippen LogP contribution in [-0.2, 0) is 25.4 Å². The van der Waals surface area contributed by atoms with Crippen LogP contribution in [0.1, 0.15) is 67.4 Å². The molecule has 0 aliphatic rings. The van der Waals surface area contributed by atoms with E-state index in [0.29, 0.717) is 13.0 Å². The summed E-state index contributed by atoms with van der Waals surface area (Å²) in [6.07, 6.45) is 0.561. The number of esters is 1. The summed E-state index contributed by atoms with van der Waals surface area (Å²) in [5.41, 5.74) is 0.0222. The predicted molar refractivity (Wildman–Crippen MR) is 118 cm³/mol. The number of carbonyl (C=O) groups excluding carboxylic acids is 2. The van der Waals surface area contributed by atoms with E-state index in [1.165, 1.54) is 0 Å². The van der Waals surface area contributed by atoms with Crippen molar-refractivity contribution < 1.29 is 23.8 Å². The van der Waals surface area contributed by atoms with E-state index in [1.54, 1.807) is 27.7 Å². The lowest BCUT2D eigenvalue weighted by atomic mass is 9.81. The van der Waals surface area contributed by atoms with Gasteiger partial charge in [0, 0.05) is 12.5 Å². The fourth-order valence-electron chi connectivity index (χ4n) is 3.23. The second-order valence-corrected chi connectivity index (χ2v) is 9.26. The van der Waals surface area contributed by atoms with Crippen LogP contribution in [-0.4, -0.2) is 42.0 Å². The number of ether oxygens (including phenoxy) is 3. The molecule has 3 atom stereocenters. The molecule has 0 aromatic heterocycles. The molecule has 170 valence electrons. The summed E-state index contributed by atoms with van der Waals surface area (Å²) in [6.45, 7) is 15.5. The molecule has 1 rings (SSSR count). The van der Waals surface area contributed by atoms with E-state index in [2.05, 4.69) is 24.4 Å². The topological polar surface area (TPSA) is 73.9 Å². The highest BCUT2D eigenvalue weighted by molar-refractivity contribution is 5.81. The van der Waals surface area contributed by atoms with Crippen LogP contribution in [0.4, 0.5) is 4.79 Å². The molecule has 0 radical (unpaired) electrons. The Labute approximate surface area is 181 Å². The molecule has 0 saturated carbocycles. The number of hydrogen-bond donors (Lipinski definition) is 1.